The van der Waals surface area contributed by atoms with Crippen LogP contribution in [0.25, 0.3) is 27.9 Å². The van der Waals surface area contributed by atoms with Crippen molar-refractivity contribution in [1.29, 1.82) is 0 Å². The molecular weight excluding hydrogens is 434 g/mol. The van der Waals surface area contributed by atoms with Crippen LogP contribution in [0.1, 0.15) is 17.0 Å². The van der Waals surface area contributed by atoms with Crippen molar-refractivity contribution < 1.29 is 14.0 Å². The second-order valence-corrected chi connectivity index (χ2v) is 8.27. The molecular formula is C24H23N7O3. The SMILES string of the molecule is Cc1cc(-c2nnc3c4ccccc4c(OCc4ccc(CN5CCOCC5)cn4)nn23)no1. The van der Waals surface area contributed by atoms with E-state index >= 15 is 0 Å². The summed E-state index contributed by atoms with van der Waals surface area (Å²) in [5.74, 6) is 1.66. The molecule has 10 heteroatoms. The fourth-order valence-corrected chi connectivity index (χ4v) is 4.08. The molecule has 6 rings (SSSR count). The average molecular weight is 457 g/mol. The molecule has 5 aromatic rings. The zero-order chi connectivity index (χ0) is 22.9. The summed E-state index contributed by atoms with van der Waals surface area (Å²) in [4.78, 5) is 6.97. The van der Waals surface area contributed by atoms with Gasteiger partial charge in [-0.1, -0.05) is 29.4 Å². The van der Waals surface area contributed by atoms with E-state index in [1.807, 2.05) is 43.5 Å². The topological polar surface area (TPSA) is 104 Å². The van der Waals surface area contributed by atoms with Crippen LogP contribution in [0.4, 0.5) is 0 Å². The van der Waals surface area contributed by atoms with Gasteiger partial charge >= 0.3 is 0 Å². The Hall–Kier alpha value is -3.89. The van der Waals surface area contributed by atoms with Crippen molar-refractivity contribution in [1.82, 2.24) is 34.9 Å². The standard InChI is InChI=1S/C24H23N7O3/c1-16-12-21(29-34-16)23-27-26-22-19-4-2-3-5-20(19)24(28-31(22)23)33-15-18-7-6-17(13-25-18)14-30-8-10-32-11-9-30/h2-7,12-13H,8-11,14-15H2,1H3. The van der Waals surface area contributed by atoms with Gasteiger partial charge in [0.15, 0.2) is 11.3 Å². The molecule has 0 saturated carbocycles. The van der Waals surface area contributed by atoms with Gasteiger partial charge in [0.2, 0.25) is 11.7 Å². The van der Waals surface area contributed by atoms with E-state index < -0.39 is 0 Å². The van der Waals surface area contributed by atoms with Crippen LogP contribution in [-0.2, 0) is 17.9 Å². The molecule has 1 aliphatic rings. The van der Waals surface area contributed by atoms with E-state index in [2.05, 4.69) is 31.3 Å². The van der Waals surface area contributed by atoms with E-state index in [0.717, 1.165) is 49.3 Å². The monoisotopic (exact) mass is 457 g/mol. The minimum absolute atomic E-state index is 0.293. The Balaban J connectivity index is 1.27. The fourth-order valence-electron chi connectivity index (χ4n) is 4.08. The average Bonchev–Trinajstić information content (AvgIpc) is 3.50. The highest BCUT2D eigenvalue weighted by atomic mass is 16.5. The molecule has 0 spiro atoms. The molecule has 172 valence electrons. The molecule has 4 aromatic heterocycles. The zero-order valence-electron chi connectivity index (χ0n) is 18.7. The summed E-state index contributed by atoms with van der Waals surface area (Å²) < 4.78 is 18.4. The minimum atomic E-state index is 0.293. The van der Waals surface area contributed by atoms with Crippen LogP contribution in [-0.4, -0.2) is 61.2 Å². The van der Waals surface area contributed by atoms with Gasteiger partial charge in [0.25, 0.3) is 0 Å². The van der Waals surface area contributed by atoms with E-state index in [0.29, 0.717) is 35.4 Å². The second-order valence-electron chi connectivity index (χ2n) is 8.27. The fraction of sp³-hybridized carbons (Fsp3) is 0.292. The van der Waals surface area contributed by atoms with E-state index in [9.17, 15) is 0 Å². The smallest absolute Gasteiger partial charge is 0.240 e. The number of ether oxygens (including phenoxy) is 2. The lowest BCUT2D eigenvalue weighted by Crippen LogP contribution is -2.35. The Morgan fingerprint density at radius 2 is 1.88 bits per heavy atom. The van der Waals surface area contributed by atoms with Crippen LogP contribution in [0.15, 0.2) is 53.2 Å². The van der Waals surface area contributed by atoms with Crippen LogP contribution in [0.5, 0.6) is 5.88 Å². The third-order valence-electron chi connectivity index (χ3n) is 5.84. The number of hydrogen-bond donors (Lipinski definition) is 0. The van der Waals surface area contributed by atoms with Gasteiger partial charge in [0.1, 0.15) is 12.4 Å². The highest BCUT2D eigenvalue weighted by Gasteiger charge is 2.18. The number of benzene rings is 1. The normalized spacial score (nSPS) is 14.7. The number of morpholine rings is 1. The third-order valence-corrected chi connectivity index (χ3v) is 5.84. The largest absolute Gasteiger partial charge is 0.470 e. The Bertz CT molecular complexity index is 1440. The zero-order valence-corrected chi connectivity index (χ0v) is 18.7. The number of aromatic nitrogens is 6. The number of fused-ring (bicyclic) bond motifs is 3. The number of nitrogens with zero attached hydrogens (tertiary/aromatic N) is 7. The third kappa shape index (κ3) is 3.97. The van der Waals surface area contributed by atoms with E-state index in [1.165, 1.54) is 5.56 Å². The maximum Gasteiger partial charge on any atom is 0.240 e. The van der Waals surface area contributed by atoms with E-state index in [-0.39, 0.29) is 0 Å². The van der Waals surface area contributed by atoms with Crippen LogP contribution in [0, 0.1) is 6.92 Å². The van der Waals surface area contributed by atoms with Gasteiger partial charge in [-0.2, -0.15) is 4.52 Å². The van der Waals surface area contributed by atoms with Crippen LogP contribution < -0.4 is 4.74 Å². The molecule has 0 atom stereocenters. The molecule has 0 N–H and O–H groups in total. The summed E-state index contributed by atoms with van der Waals surface area (Å²) in [7, 11) is 0. The first-order valence-corrected chi connectivity index (χ1v) is 11.2. The lowest BCUT2D eigenvalue weighted by molar-refractivity contribution is 0.0341. The van der Waals surface area contributed by atoms with Crippen molar-refractivity contribution in [2.75, 3.05) is 26.3 Å². The minimum Gasteiger partial charge on any atom is -0.470 e. The molecule has 5 heterocycles. The number of aryl methyl sites for hydroxylation is 1. The van der Waals surface area contributed by atoms with Crippen molar-refractivity contribution in [3.8, 4) is 17.4 Å². The second kappa shape index (κ2) is 8.81. The molecule has 0 aliphatic carbocycles. The van der Waals surface area contributed by atoms with Gasteiger partial charge in [-0.25, -0.2) is 0 Å². The van der Waals surface area contributed by atoms with Crippen molar-refractivity contribution >= 4 is 16.4 Å². The molecule has 1 aromatic carbocycles. The molecule has 10 nitrogen and oxygen atoms in total. The van der Waals surface area contributed by atoms with Gasteiger partial charge in [-0.15, -0.1) is 15.3 Å². The maximum absolute atomic E-state index is 6.15. The molecule has 0 radical (unpaired) electrons. The van der Waals surface area contributed by atoms with Gasteiger partial charge < -0.3 is 14.0 Å². The predicted molar refractivity (Wildman–Crippen MR) is 123 cm³/mol. The molecule has 0 amide bonds. The summed E-state index contributed by atoms with van der Waals surface area (Å²) >= 11 is 0. The number of rotatable bonds is 6. The highest BCUT2D eigenvalue weighted by molar-refractivity contribution is 5.96. The van der Waals surface area contributed by atoms with Crippen LogP contribution in [0.3, 0.4) is 0 Å². The van der Waals surface area contributed by atoms with E-state index in [1.54, 1.807) is 10.6 Å². The molecule has 1 fully saturated rings. The summed E-state index contributed by atoms with van der Waals surface area (Å²) in [6.45, 7) is 6.47. The highest BCUT2D eigenvalue weighted by Crippen LogP contribution is 2.29. The van der Waals surface area contributed by atoms with Gasteiger partial charge in [0, 0.05) is 42.7 Å². The van der Waals surface area contributed by atoms with Crippen LogP contribution >= 0.6 is 0 Å². The summed E-state index contributed by atoms with van der Waals surface area (Å²) in [6, 6.07) is 13.7. The molecule has 34 heavy (non-hydrogen) atoms. The lowest BCUT2D eigenvalue weighted by Gasteiger charge is -2.26. The van der Waals surface area contributed by atoms with Gasteiger partial charge in [-0.05, 0) is 24.6 Å². The molecule has 1 aliphatic heterocycles. The molecule has 0 unspecified atom stereocenters. The summed E-state index contributed by atoms with van der Waals surface area (Å²) in [5.41, 5.74) is 3.20. The van der Waals surface area contributed by atoms with Gasteiger partial charge in [0.05, 0.1) is 18.9 Å². The summed E-state index contributed by atoms with van der Waals surface area (Å²) in [5, 5.41) is 19.1. The van der Waals surface area contributed by atoms with Crippen molar-refractivity contribution in [3.05, 3.63) is 65.7 Å². The Morgan fingerprint density at radius 3 is 2.65 bits per heavy atom. The first kappa shape index (κ1) is 20.7. The lowest BCUT2D eigenvalue weighted by atomic mass is 10.2. The van der Waals surface area contributed by atoms with E-state index in [4.69, 9.17) is 19.1 Å². The maximum atomic E-state index is 6.15. The Kier molecular flexibility index (Phi) is 5.36. The van der Waals surface area contributed by atoms with Crippen molar-refractivity contribution in [2.24, 2.45) is 0 Å². The molecule has 0 bridgehead atoms. The van der Waals surface area contributed by atoms with Crippen molar-refractivity contribution in [2.45, 2.75) is 20.1 Å². The number of pyridine rings is 1. The first-order chi connectivity index (χ1) is 16.7. The quantitative estimate of drug-likeness (QED) is 0.380. The Morgan fingerprint density at radius 1 is 1.03 bits per heavy atom. The van der Waals surface area contributed by atoms with Crippen LogP contribution in [0.2, 0.25) is 0 Å². The molecule has 1 saturated heterocycles. The Labute approximate surface area is 195 Å². The van der Waals surface area contributed by atoms with Gasteiger partial charge in [-0.3, -0.25) is 9.88 Å². The predicted octanol–water partition coefficient (Wildman–Crippen LogP) is 3.05. The number of hydrogen-bond acceptors (Lipinski definition) is 9. The first-order valence-electron chi connectivity index (χ1n) is 11.2. The van der Waals surface area contributed by atoms with Crippen molar-refractivity contribution in [3.63, 3.8) is 0 Å². The summed E-state index contributed by atoms with van der Waals surface area (Å²) in [6.07, 6.45) is 1.91.